The molecule has 4 heteroatoms. The van der Waals surface area contributed by atoms with Gasteiger partial charge in [-0.1, -0.05) is 0 Å². The van der Waals surface area contributed by atoms with Crippen LogP contribution in [-0.2, 0) is 0 Å². The SMILES string of the molecule is FC1CCCC(F)C1N=C=S. The molecule has 1 nitrogen and oxygen atoms in total. The van der Waals surface area contributed by atoms with Gasteiger partial charge in [-0.2, -0.15) is 0 Å². The quantitative estimate of drug-likeness (QED) is 0.442. The van der Waals surface area contributed by atoms with Crippen LogP contribution in [0.1, 0.15) is 19.3 Å². The van der Waals surface area contributed by atoms with Gasteiger partial charge >= 0.3 is 0 Å². The Kier molecular flexibility index (Phi) is 3.09. The number of rotatable bonds is 1. The van der Waals surface area contributed by atoms with Gasteiger partial charge in [-0.3, -0.25) is 0 Å². The van der Waals surface area contributed by atoms with E-state index in [4.69, 9.17) is 0 Å². The van der Waals surface area contributed by atoms with Crippen molar-refractivity contribution in [1.82, 2.24) is 0 Å². The van der Waals surface area contributed by atoms with E-state index in [-0.39, 0.29) is 0 Å². The number of nitrogens with zero attached hydrogens (tertiary/aromatic N) is 1. The smallest absolute Gasteiger partial charge is 0.126 e. The zero-order chi connectivity index (χ0) is 8.27. The zero-order valence-corrected chi connectivity index (χ0v) is 6.78. The maximum Gasteiger partial charge on any atom is 0.126 e. The number of halogens is 2. The van der Waals surface area contributed by atoms with E-state index in [1.165, 1.54) is 0 Å². The lowest BCUT2D eigenvalue weighted by Gasteiger charge is -2.24. The second kappa shape index (κ2) is 3.88. The topological polar surface area (TPSA) is 12.4 Å². The molecule has 2 unspecified atom stereocenters. The molecule has 0 aromatic carbocycles. The molecule has 0 N–H and O–H groups in total. The van der Waals surface area contributed by atoms with Crippen LogP contribution in [0.5, 0.6) is 0 Å². The molecule has 11 heavy (non-hydrogen) atoms. The van der Waals surface area contributed by atoms with E-state index in [1.807, 2.05) is 5.16 Å². The summed E-state index contributed by atoms with van der Waals surface area (Å²) in [6.45, 7) is 0. The monoisotopic (exact) mass is 177 g/mol. The fraction of sp³-hybridized carbons (Fsp3) is 0.857. The fourth-order valence-electron chi connectivity index (χ4n) is 1.30. The highest BCUT2D eigenvalue weighted by molar-refractivity contribution is 7.78. The second-order valence-corrected chi connectivity index (χ2v) is 2.86. The predicted molar refractivity (Wildman–Crippen MR) is 42.5 cm³/mol. The summed E-state index contributed by atoms with van der Waals surface area (Å²) >= 11 is 4.29. The van der Waals surface area contributed by atoms with E-state index >= 15 is 0 Å². The van der Waals surface area contributed by atoms with Gasteiger partial charge in [-0.15, -0.1) is 0 Å². The first-order valence-corrected chi connectivity index (χ1v) is 4.01. The number of hydrogen-bond acceptors (Lipinski definition) is 2. The molecular formula is C7H9F2NS. The van der Waals surface area contributed by atoms with E-state index in [1.54, 1.807) is 0 Å². The van der Waals surface area contributed by atoms with Crippen molar-refractivity contribution in [1.29, 1.82) is 0 Å². The Labute approximate surface area is 69.5 Å². The first-order chi connectivity index (χ1) is 5.25. The van der Waals surface area contributed by atoms with Crippen LogP contribution in [0.25, 0.3) is 0 Å². The molecule has 1 aliphatic carbocycles. The summed E-state index contributed by atoms with van der Waals surface area (Å²) in [5, 5.41) is 2.03. The Hall–Kier alpha value is -0.340. The minimum atomic E-state index is -1.17. The largest absolute Gasteiger partial charge is 0.245 e. The molecule has 1 aliphatic rings. The van der Waals surface area contributed by atoms with Crippen molar-refractivity contribution in [2.24, 2.45) is 4.99 Å². The van der Waals surface area contributed by atoms with Crippen LogP contribution in [0.3, 0.4) is 0 Å². The van der Waals surface area contributed by atoms with Gasteiger partial charge in [0.2, 0.25) is 0 Å². The van der Waals surface area contributed by atoms with Gasteiger partial charge < -0.3 is 0 Å². The Balaban J connectivity index is 2.62. The third-order valence-corrected chi connectivity index (χ3v) is 2.01. The molecule has 0 heterocycles. The number of thiocarbonyl (C=S) groups is 1. The lowest BCUT2D eigenvalue weighted by molar-refractivity contribution is 0.129. The van der Waals surface area contributed by atoms with E-state index in [9.17, 15) is 8.78 Å². The highest BCUT2D eigenvalue weighted by Gasteiger charge is 2.33. The van der Waals surface area contributed by atoms with Gasteiger partial charge in [0.1, 0.15) is 18.4 Å². The molecule has 1 fully saturated rings. The molecule has 0 radical (unpaired) electrons. The minimum Gasteiger partial charge on any atom is -0.245 e. The summed E-state index contributed by atoms with van der Waals surface area (Å²) in [6, 6.07) is -0.888. The van der Waals surface area contributed by atoms with Gasteiger partial charge in [-0.05, 0) is 31.5 Å². The van der Waals surface area contributed by atoms with Crippen molar-refractivity contribution < 1.29 is 8.78 Å². The van der Waals surface area contributed by atoms with E-state index in [0.29, 0.717) is 19.3 Å². The first-order valence-electron chi connectivity index (χ1n) is 3.61. The molecule has 0 bridgehead atoms. The predicted octanol–water partition coefficient (Wildman–Crippen LogP) is 2.32. The summed E-state index contributed by atoms with van der Waals surface area (Å²) in [6.07, 6.45) is -0.952. The highest BCUT2D eigenvalue weighted by Crippen LogP contribution is 2.26. The summed E-state index contributed by atoms with van der Waals surface area (Å²) < 4.78 is 25.7. The fourth-order valence-corrected chi connectivity index (χ4v) is 1.42. The molecule has 0 spiro atoms. The average molecular weight is 177 g/mol. The molecule has 0 aromatic rings. The summed E-state index contributed by atoms with van der Waals surface area (Å²) in [5.41, 5.74) is 0. The number of alkyl halides is 2. The van der Waals surface area contributed by atoms with Crippen LogP contribution in [0.2, 0.25) is 0 Å². The van der Waals surface area contributed by atoms with Crippen LogP contribution in [0, 0.1) is 0 Å². The molecular weight excluding hydrogens is 168 g/mol. The maximum atomic E-state index is 12.9. The van der Waals surface area contributed by atoms with Crippen LogP contribution in [0.4, 0.5) is 8.78 Å². The standard InChI is InChI=1S/C7H9F2NS/c8-5-2-1-3-6(9)7(5)10-4-11/h5-7H,1-3H2. The Morgan fingerprint density at radius 1 is 1.27 bits per heavy atom. The molecule has 2 atom stereocenters. The molecule has 0 amide bonds. The Bertz CT molecular complexity index is 169. The lowest BCUT2D eigenvalue weighted by atomic mass is 9.92. The van der Waals surface area contributed by atoms with Crippen LogP contribution >= 0.6 is 12.2 Å². The molecule has 1 saturated carbocycles. The first kappa shape index (κ1) is 8.75. The van der Waals surface area contributed by atoms with Gasteiger partial charge in [0.25, 0.3) is 0 Å². The summed E-state index contributed by atoms with van der Waals surface area (Å²) in [7, 11) is 0. The number of isothiocyanates is 1. The van der Waals surface area contributed by atoms with E-state index in [0.717, 1.165) is 0 Å². The normalized spacial score (nSPS) is 37.8. The van der Waals surface area contributed by atoms with Crippen molar-refractivity contribution in [3.05, 3.63) is 0 Å². The van der Waals surface area contributed by atoms with Crippen molar-refractivity contribution in [2.75, 3.05) is 0 Å². The minimum absolute atomic E-state index is 0.394. The van der Waals surface area contributed by atoms with Crippen LogP contribution in [-0.4, -0.2) is 23.5 Å². The van der Waals surface area contributed by atoms with Crippen LogP contribution < -0.4 is 0 Å². The van der Waals surface area contributed by atoms with Gasteiger partial charge in [0, 0.05) is 0 Å². The zero-order valence-electron chi connectivity index (χ0n) is 5.96. The Morgan fingerprint density at radius 3 is 2.27 bits per heavy atom. The van der Waals surface area contributed by atoms with E-state index in [2.05, 4.69) is 17.2 Å². The third kappa shape index (κ3) is 2.04. The van der Waals surface area contributed by atoms with Crippen molar-refractivity contribution in [3.63, 3.8) is 0 Å². The molecule has 0 aromatic heterocycles. The van der Waals surface area contributed by atoms with Gasteiger partial charge in [-0.25, -0.2) is 13.8 Å². The van der Waals surface area contributed by atoms with Crippen LogP contribution in [0.15, 0.2) is 4.99 Å². The lowest BCUT2D eigenvalue weighted by Crippen LogP contribution is -2.34. The van der Waals surface area contributed by atoms with E-state index < -0.39 is 18.4 Å². The molecule has 0 aliphatic heterocycles. The molecule has 62 valence electrons. The van der Waals surface area contributed by atoms with Crippen molar-refractivity contribution in [2.45, 2.75) is 37.6 Å². The van der Waals surface area contributed by atoms with Crippen molar-refractivity contribution in [3.8, 4) is 0 Å². The second-order valence-electron chi connectivity index (χ2n) is 2.67. The number of hydrogen-bond donors (Lipinski definition) is 0. The average Bonchev–Trinajstić information content (AvgIpc) is 1.97. The highest BCUT2D eigenvalue weighted by atomic mass is 32.1. The maximum absolute atomic E-state index is 12.9. The molecule has 0 saturated heterocycles. The van der Waals surface area contributed by atoms with Crippen molar-refractivity contribution >= 4 is 17.4 Å². The Morgan fingerprint density at radius 2 is 1.82 bits per heavy atom. The molecule has 1 rings (SSSR count). The van der Waals surface area contributed by atoms with Gasteiger partial charge in [0.15, 0.2) is 0 Å². The number of aliphatic imine (C=N–C) groups is 1. The van der Waals surface area contributed by atoms with Gasteiger partial charge in [0.05, 0.1) is 5.16 Å². The third-order valence-electron chi connectivity index (χ3n) is 1.90. The summed E-state index contributed by atoms with van der Waals surface area (Å²) in [5.74, 6) is 0. The summed E-state index contributed by atoms with van der Waals surface area (Å²) in [4.78, 5) is 3.46.